The summed E-state index contributed by atoms with van der Waals surface area (Å²) in [6.45, 7) is 5.23. The van der Waals surface area contributed by atoms with Gasteiger partial charge in [0.2, 0.25) is 0 Å². The van der Waals surface area contributed by atoms with E-state index in [1.165, 1.54) is 0 Å². The normalized spacial score (nSPS) is 9.30. The zero-order chi connectivity index (χ0) is 7.56. The second-order valence-corrected chi connectivity index (χ2v) is 2.02. The average Bonchev–Trinajstić information content (AvgIpc) is 1.88. The molecule has 0 aliphatic heterocycles. The summed E-state index contributed by atoms with van der Waals surface area (Å²) in [5.74, 6) is 0.440. The van der Waals surface area contributed by atoms with Gasteiger partial charge in [0.05, 0.1) is 0 Å². The first-order valence-electron chi connectivity index (χ1n) is 2.94. The van der Waals surface area contributed by atoms with Gasteiger partial charge in [-0.2, -0.15) is 0 Å². The van der Waals surface area contributed by atoms with E-state index in [0.29, 0.717) is 11.5 Å². The molecule has 10 heavy (non-hydrogen) atoms. The van der Waals surface area contributed by atoms with Gasteiger partial charge in [-0.25, -0.2) is 4.98 Å². The van der Waals surface area contributed by atoms with Gasteiger partial charge in [0.15, 0.2) is 0 Å². The lowest BCUT2D eigenvalue weighted by Gasteiger charge is -1.97. The van der Waals surface area contributed by atoms with Crippen LogP contribution in [0.4, 0.5) is 11.5 Å². The van der Waals surface area contributed by atoms with Crippen LogP contribution in [0.25, 0.3) is 0 Å². The van der Waals surface area contributed by atoms with Gasteiger partial charge < -0.3 is 5.73 Å². The van der Waals surface area contributed by atoms with Gasteiger partial charge in [-0.05, 0) is 25.8 Å². The quantitative estimate of drug-likeness (QED) is 0.590. The van der Waals surface area contributed by atoms with Gasteiger partial charge in [0.1, 0.15) is 11.5 Å². The molecule has 0 aliphatic carbocycles. The first kappa shape index (κ1) is 6.74. The number of anilines is 1. The first-order valence-corrected chi connectivity index (χ1v) is 2.94. The summed E-state index contributed by atoms with van der Waals surface area (Å²) in [6.07, 6.45) is 0. The number of aliphatic imine (C=N–C) groups is 1. The molecule has 0 aliphatic rings. The van der Waals surface area contributed by atoms with E-state index in [-0.39, 0.29) is 0 Å². The molecule has 1 heterocycles. The number of nitrogen functional groups attached to an aromatic ring is 1. The van der Waals surface area contributed by atoms with Crippen molar-refractivity contribution in [1.82, 2.24) is 4.98 Å². The molecule has 0 amide bonds. The molecule has 0 radical (unpaired) electrons. The molecule has 0 spiro atoms. The predicted octanol–water partition coefficient (Wildman–Crippen LogP) is 1.30. The monoisotopic (exact) mass is 135 g/mol. The fraction of sp³-hybridized carbons (Fsp3) is 0.143. The highest BCUT2D eigenvalue weighted by Crippen LogP contribution is 2.17. The summed E-state index contributed by atoms with van der Waals surface area (Å²) in [5, 5.41) is 0. The molecule has 0 atom stereocenters. The summed E-state index contributed by atoms with van der Waals surface area (Å²) in [7, 11) is 0. The maximum Gasteiger partial charge on any atom is 0.149 e. The SMILES string of the molecule is C=Nc1ccc(C)nc1N. The van der Waals surface area contributed by atoms with Crippen LogP contribution in [0.15, 0.2) is 17.1 Å². The molecule has 0 saturated heterocycles. The molecule has 1 rings (SSSR count). The van der Waals surface area contributed by atoms with Gasteiger partial charge in [-0.1, -0.05) is 0 Å². The highest BCUT2D eigenvalue weighted by Gasteiger charge is 1.95. The van der Waals surface area contributed by atoms with Crippen molar-refractivity contribution in [2.45, 2.75) is 6.92 Å². The Morgan fingerprint density at radius 1 is 1.60 bits per heavy atom. The first-order chi connectivity index (χ1) is 4.74. The molecule has 0 fully saturated rings. The Morgan fingerprint density at radius 3 is 2.80 bits per heavy atom. The minimum Gasteiger partial charge on any atom is -0.382 e. The number of nitrogens with two attached hydrogens (primary N) is 1. The largest absolute Gasteiger partial charge is 0.382 e. The van der Waals surface area contributed by atoms with Crippen LogP contribution >= 0.6 is 0 Å². The van der Waals surface area contributed by atoms with E-state index in [0.717, 1.165) is 5.69 Å². The lowest BCUT2D eigenvalue weighted by atomic mass is 10.3. The van der Waals surface area contributed by atoms with Crippen molar-refractivity contribution in [3.63, 3.8) is 0 Å². The number of pyridine rings is 1. The van der Waals surface area contributed by atoms with Crippen molar-refractivity contribution < 1.29 is 0 Å². The van der Waals surface area contributed by atoms with Crippen LogP contribution in [-0.2, 0) is 0 Å². The second-order valence-electron chi connectivity index (χ2n) is 2.02. The summed E-state index contributed by atoms with van der Waals surface area (Å²) < 4.78 is 0. The topological polar surface area (TPSA) is 51.3 Å². The molecule has 0 aromatic carbocycles. The van der Waals surface area contributed by atoms with E-state index in [1.807, 2.05) is 13.0 Å². The third kappa shape index (κ3) is 1.13. The number of rotatable bonds is 1. The smallest absolute Gasteiger partial charge is 0.149 e. The predicted molar refractivity (Wildman–Crippen MR) is 42.6 cm³/mol. The Labute approximate surface area is 59.6 Å². The minimum absolute atomic E-state index is 0.440. The van der Waals surface area contributed by atoms with E-state index in [2.05, 4.69) is 16.7 Å². The molecule has 1 aromatic rings. The zero-order valence-electron chi connectivity index (χ0n) is 5.83. The van der Waals surface area contributed by atoms with Gasteiger partial charge >= 0.3 is 0 Å². The van der Waals surface area contributed by atoms with Crippen molar-refractivity contribution in [3.8, 4) is 0 Å². The molecule has 0 bridgehead atoms. The van der Waals surface area contributed by atoms with Gasteiger partial charge in [0.25, 0.3) is 0 Å². The van der Waals surface area contributed by atoms with Crippen molar-refractivity contribution in [1.29, 1.82) is 0 Å². The number of hydrogen-bond donors (Lipinski definition) is 1. The molecule has 1 aromatic heterocycles. The van der Waals surface area contributed by atoms with Crippen molar-refractivity contribution in [3.05, 3.63) is 17.8 Å². The Hall–Kier alpha value is -1.38. The van der Waals surface area contributed by atoms with Gasteiger partial charge in [0, 0.05) is 5.69 Å². The molecule has 3 heteroatoms. The lowest BCUT2D eigenvalue weighted by molar-refractivity contribution is 1.20. The standard InChI is InChI=1S/C7H9N3/c1-5-3-4-6(9-2)7(8)10-5/h3-4H,2H2,1H3,(H2,8,10). The third-order valence-electron chi connectivity index (χ3n) is 1.21. The fourth-order valence-electron chi connectivity index (χ4n) is 0.703. The van der Waals surface area contributed by atoms with Crippen LogP contribution in [0.1, 0.15) is 5.69 Å². The second kappa shape index (κ2) is 2.47. The van der Waals surface area contributed by atoms with Crippen LogP contribution in [0.2, 0.25) is 0 Å². The third-order valence-corrected chi connectivity index (χ3v) is 1.21. The Bertz CT molecular complexity index is 255. The molecular formula is C7H9N3. The van der Waals surface area contributed by atoms with Crippen LogP contribution in [0, 0.1) is 6.92 Å². The van der Waals surface area contributed by atoms with E-state index in [4.69, 9.17) is 5.73 Å². The Balaban J connectivity index is 3.19. The van der Waals surface area contributed by atoms with Crippen LogP contribution in [-0.4, -0.2) is 11.7 Å². The zero-order valence-corrected chi connectivity index (χ0v) is 5.83. The average molecular weight is 135 g/mol. The molecule has 0 saturated carbocycles. The number of aromatic nitrogens is 1. The van der Waals surface area contributed by atoms with Gasteiger partial charge in [-0.3, -0.25) is 4.99 Å². The number of nitrogens with zero attached hydrogens (tertiary/aromatic N) is 2. The molecular weight excluding hydrogens is 126 g/mol. The maximum absolute atomic E-state index is 5.49. The summed E-state index contributed by atoms with van der Waals surface area (Å²) in [6, 6.07) is 3.64. The fourth-order valence-corrected chi connectivity index (χ4v) is 0.703. The van der Waals surface area contributed by atoms with E-state index >= 15 is 0 Å². The number of aryl methyl sites for hydroxylation is 1. The van der Waals surface area contributed by atoms with Crippen molar-refractivity contribution >= 4 is 18.2 Å². The van der Waals surface area contributed by atoms with E-state index in [9.17, 15) is 0 Å². The summed E-state index contributed by atoms with van der Waals surface area (Å²) in [4.78, 5) is 7.66. The minimum atomic E-state index is 0.440. The molecule has 0 unspecified atom stereocenters. The summed E-state index contributed by atoms with van der Waals surface area (Å²) >= 11 is 0. The highest BCUT2D eigenvalue weighted by molar-refractivity contribution is 5.60. The van der Waals surface area contributed by atoms with Gasteiger partial charge in [-0.15, -0.1) is 0 Å². The van der Waals surface area contributed by atoms with E-state index < -0.39 is 0 Å². The lowest BCUT2D eigenvalue weighted by Crippen LogP contribution is -1.91. The van der Waals surface area contributed by atoms with Crippen molar-refractivity contribution in [2.75, 3.05) is 5.73 Å². The summed E-state index contributed by atoms with van der Waals surface area (Å²) in [5.41, 5.74) is 7.02. The van der Waals surface area contributed by atoms with Crippen LogP contribution in [0.5, 0.6) is 0 Å². The Morgan fingerprint density at radius 2 is 2.30 bits per heavy atom. The number of hydrogen-bond acceptors (Lipinski definition) is 3. The van der Waals surface area contributed by atoms with Crippen molar-refractivity contribution in [2.24, 2.45) is 4.99 Å². The highest BCUT2D eigenvalue weighted by atomic mass is 14.9. The molecule has 52 valence electrons. The molecule has 2 N–H and O–H groups in total. The van der Waals surface area contributed by atoms with Crippen LogP contribution in [0.3, 0.4) is 0 Å². The maximum atomic E-state index is 5.49. The molecule has 3 nitrogen and oxygen atoms in total. The van der Waals surface area contributed by atoms with E-state index in [1.54, 1.807) is 6.07 Å². The Kier molecular flexibility index (Phi) is 1.67. The van der Waals surface area contributed by atoms with Crippen LogP contribution < -0.4 is 5.73 Å².